The predicted octanol–water partition coefficient (Wildman–Crippen LogP) is 2.25. The summed E-state index contributed by atoms with van der Waals surface area (Å²) in [7, 11) is 1.62. The van der Waals surface area contributed by atoms with Crippen LogP contribution >= 0.6 is 15.9 Å². The largest absolute Gasteiger partial charge is 0.383 e. The van der Waals surface area contributed by atoms with E-state index < -0.39 is 0 Å². The number of benzene rings is 1. The summed E-state index contributed by atoms with van der Waals surface area (Å²) in [6.07, 6.45) is 0. The molecule has 4 nitrogen and oxygen atoms in total. The van der Waals surface area contributed by atoms with Crippen molar-refractivity contribution in [2.75, 3.05) is 20.3 Å². The Morgan fingerprint density at radius 1 is 1.37 bits per heavy atom. The summed E-state index contributed by atoms with van der Waals surface area (Å²) in [5, 5.41) is 6.07. The summed E-state index contributed by atoms with van der Waals surface area (Å²) >= 11 is 3.51. The number of ether oxygens (including phenoxy) is 1. The van der Waals surface area contributed by atoms with Gasteiger partial charge in [-0.1, -0.05) is 34.1 Å². The fourth-order valence-corrected chi connectivity index (χ4v) is 2.43. The second-order valence-electron chi connectivity index (χ2n) is 4.55. The fourth-order valence-electron chi connectivity index (χ4n) is 1.80. The molecule has 106 valence electrons. The van der Waals surface area contributed by atoms with Crippen molar-refractivity contribution in [2.24, 2.45) is 0 Å². The summed E-state index contributed by atoms with van der Waals surface area (Å²) in [6, 6.07) is 8.12. The summed E-state index contributed by atoms with van der Waals surface area (Å²) in [4.78, 5) is 11.7. The first-order valence-electron chi connectivity index (χ1n) is 6.30. The van der Waals surface area contributed by atoms with E-state index in [0.29, 0.717) is 6.61 Å². The van der Waals surface area contributed by atoms with Gasteiger partial charge in [0.15, 0.2) is 0 Å². The van der Waals surface area contributed by atoms with E-state index in [9.17, 15) is 4.79 Å². The Morgan fingerprint density at radius 3 is 2.68 bits per heavy atom. The first kappa shape index (κ1) is 16.1. The smallest absolute Gasteiger partial charge is 0.234 e. The van der Waals surface area contributed by atoms with Crippen LogP contribution in [0.25, 0.3) is 0 Å². The number of rotatable bonds is 7. The molecule has 0 radical (unpaired) electrons. The van der Waals surface area contributed by atoms with Gasteiger partial charge >= 0.3 is 0 Å². The molecule has 0 fully saturated rings. The third kappa shape index (κ3) is 5.72. The van der Waals surface area contributed by atoms with Crippen LogP contribution in [0.2, 0.25) is 0 Å². The van der Waals surface area contributed by atoms with Crippen molar-refractivity contribution < 1.29 is 9.53 Å². The second kappa shape index (κ2) is 8.30. The number of nitrogens with one attached hydrogen (secondary N) is 2. The van der Waals surface area contributed by atoms with Crippen molar-refractivity contribution in [3.63, 3.8) is 0 Å². The molecule has 1 aromatic carbocycles. The molecule has 0 aliphatic heterocycles. The predicted molar refractivity (Wildman–Crippen MR) is 80.0 cm³/mol. The van der Waals surface area contributed by atoms with Gasteiger partial charge in [0.1, 0.15) is 0 Å². The lowest BCUT2D eigenvalue weighted by Crippen LogP contribution is -2.41. The Hall–Kier alpha value is -0.910. The number of amides is 1. The molecule has 0 spiro atoms. The third-order valence-electron chi connectivity index (χ3n) is 2.76. The average molecular weight is 329 g/mol. The van der Waals surface area contributed by atoms with E-state index in [1.165, 1.54) is 0 Å². The zero-order chi connectivity index (χ0) is 14.3. The van der Waals surface area contributed by atoms with Crippen LogP contribution in [-0.2, 0) is 9.53 Å². The van der Waals surface area contributed by atoms with Crippen LogP contribution in [-0.4, -0.2) is 32.2 Å². The lowest BCUT2D eigenvalue weighted by molar-refractivity contribution is -0.121. The number of carbonyl (C=O) groups excluding carboxylic acids is 1. The van der Waals surface area contributed by atoms with Crippen LogP contribution in [0.4, 0.5) is 0 Å². The summed E-state index contributed by atoms with van der Waals surface area (Å²) in [6.45, 7) is 4.76. The topological polar surface area (TPSA) is 50.4 Å². The van der Waals surface area contributed by atoms with Gasteiger partial charge in [0.25, 0.3) is 0 Å². The van der Waals surface area contributed by atoms with Crippen molar-refractivity contribution in [2.45, 2.75) is 25.9 Å². The molecule has 1 amide bonds. The van der Waals surface area contributed by atoms with Crippen molar-refractivity contribution >= 4 is 21.8 Å². The molecule has 2 atom stereocenters. The monoisotopic (exact) mass is 328 g/mol. The molecule has 1 aromatic rings. The molecule has 2 N–H and O–H groups in total. The molecular weight excluding hydrogens is 308 g/mol. The minimum absolute atomic E-state index is 0.0246. The van der Waals surface area contributed by atoms with Gasteiger partial charge in [-0.3, -0.25) is 4.79 Å². The Labute approximate surface area is 123 Å². The van der Waals surface area contributed by atoms with E-state index >= 15 is 0 Å². The maximum absolute atomic E-state index is 11.7. The average Bonchev–Trinajstić information content (AvgIpc) is 2.36. The van der Waals surface area contributed by atoms with Gasteiger partial charge in [0, 0.05) is 23.7 Å². The van der Waals surface area contributed by atoms with Crippen molar-refractivity contribution in [3.8, 4) is 0 Å². The van der Waals surface area contributed by atoms with Crippen molar-refractivity contribution in [1.29, 1.82) is 0 Å². The maximum Gasteiger partial charge on any atom is 0.234 e. The van der Waals surface area contributed by atoms with Gasteiger partial charge in [-0.2, -0.15) is 0 Å². The van der Waals surface area contributed by atoms with Crippen LogP contribution in [0.1, 0.15) is 25.5 Å². The zero-order valence-corrected chi connectivity index (χ0v) is 13.2. The van der Waals surface area contributed by atoms with Gasteiger partial charge < -0.3 is 15.4 Å². The van der Waals surface area contributed by atoms with E-state index in [2.05, 4.69) is 26.6 Å². The molecular formula is C14H21BrN2O2. The highest BCUT2D eigenvalue weighted by Gasteiger charge is 2.11. The van der Waals surface area contributed by atoms with E-state index in [-0.39, 0.29) is 24.5 Å². The Kier molecular flexibility index (Phi) is 7.05. The van der Waals surface area contributed by atoms with Gasteiger partial charge in [-0.05, 0) is 25.5 Å². The Bertz CT molecular complexity index is 412. The first-order chi connectivity index (χ1) is 9.04. The molecule has 5 heteroatoms. The maximum atomic E-state index is 11.7. The SMILES string of the molecule is COCC(C)NC(=O)CN[C@H](C)c1ccccc1Br. The van der Waals surface area contributed by atoms with Gasteiger partial charge in [-0.15, -0.1) is 0 Å². The van der Waals surface area contributed by atoms with Crippen LogP contribution in [0.15, 0.2) is 28.7 Å². The fraction of sp³-hybridized carbons (Fsp3) is 0.500. The van der Waals surface area contributed by atoms with Gasteiger partial charge in [0.2, 0.25) is 5.91 Å². The molecule has 19 heavy (non-hydrogen) atoms. The van der Waals surface area contributed by atoms with Gasteiger partial charge in [-0.25, -0.2) is 0 Å². The number of carbonyl (C=O) groups is 1. The summed E-state index contributed by atoms with van der Waals surface area (Å²) in [5.41, 5.74) is 1.14. The number of halogens is 1. The molecule has 0 aliphatic carbocycles. The molecule has 0 aromatic heterocycles. The lowest BCUT2D eigenvalue weighted by atomic mass is 10.1. The standard InChI is InChI=1S/C14H21BrN2O2/c1-10(9-19-3)17-14(18)8-16-11(2)12-6-4-5-7-13(12)15/h4-7,10-11,16H,8-9H2,1-3H3,(H,17,18)/t10?,11-/m1/s1. The summed E-state index contributed by atoms with van der Waals surface area (Å²) in [5.74, 6) is -0.0246. The van der Waals surface area contributed by atoms with Crippen molar-refractivity contribution in [3.05, 3.63) is 34.3 Å². The van der Waals surface area contributed by atoms with Gasteiger partial charge in [0.05, 0.1) is 13.2 Å². The van der Waals surface area contributed by atoms with Crippen molar-refractivity contribution in [1.82, 2.24) is 10.6 Å². The molecule has 0 saturated carbocycles. The Morgan fingerprint density at radius 2 is 2.05 bits per heavy atom. The minimum Gasteiger partial charge on any atom is -0.383 e. The summed E-state index contributed by atoms with van der Waals surface area (Å²) < 4.78 is 6.02. The lowest BCUT2D eigenvalue weighted by Gasteiger charge is -2.17. The number of methoxy groups -OCH3 is 1. The van der Waals surface area contributed by atoms with E-state index in [1.807, 2.05) is 38.1 Å². The van der Waals surface area contributed by atoms with Crippen LogP contribution in [0.3, 0.4) is 0 Å². The minimum atomic E-state index is -0.0246. The quantitative estimate of drug-likeness (QED) is 0.807. The molecule has 1 rings (SSSR count). The van der Waals surface area contributed by atoms with E-state index in [4.69, 9.17) is 4.74 Å². The molecule has 0 saturated heterocycles. The highest BCUT2D eigenvalue weighted by Crippen LogP contribution is 2.22. The van der Waals surface area contributed by atoms with Crippen LogP contribution in [0, 0.1) is 0 Å². The number of hydrogen-bond donors (Lipinski definition) is 2. The highest BCUT2D eigenvalue weighted by molar-refractivity contribution is 9.10. The third-order valence-corrected chi connectivity index (χ3v) is 3.49. The molecule has 1 unspecified atom stereocenters. The van der Waals surface area contributed by atoms with Crippen LogP contribution < -0.4 is 10.6 Å². The van der Waals surface area contributed by atoms with E-state index in [0.717, 1.165) is 10.0 Å². The highest BCUT2D eigenvalue weighted by atomic mass is 79.9. The molecule has 0 aliphatic rings. The molecule has 0 heterocycles. The molecule has 0 bridgehead atoms. The Balaban J connectivity index is 2.40. The van der Waals surface area contributed by atoms with Crippen LogP contribution in [0.5, 0.6) is 0 Å². The second-order valence-corrected chi connectivity index (χ2v) is 5.40. The number of hydrogen-bond acceptors (Lipinski definition) is 3. The van der Waals surface area contributed by atoms with E-state index in [1.54, 1.807) is 7.11 Å². The zero-order valence-electron chi connectivity index (χ0n) is 11.6. The first-order valence-corrected chi connectivity index (χ1v) is 7.10. The normalized spacial score (nSPS) is 13.9.